The Labute approximate surface area is 69.5 Å². The van der Waals surface area contributed by atoms with E-state index in [9.17, 15) is 4.79 Å². The topological polar surface area (TPSA) is 17.1 Å². The maximum absolute atomic E-state index is 10.3. The third-order valence-corrected chi connectivity index (χ3v) is 1.58. The van der Waals surface area contributed by atoms with Crippen LogP contribution in [0.4, 0.5) is 0 Å². The minimum absolute atomic E-state index is 0.528. The van der Waals surface area contributed by atoms with Crippen LogP contribution >= 0.6 is 0 Å². The van der Waals surface area contributed by atoms with E-state index in [0.29, 0.717) is 11.8 Å². The number of rotatable bonds is 4. The average Bonchev–Trinajstić information content (AvgIpc) is 1.85. The van der Waals surface area contributed by atoms with Crippen LogP contribution in [-0.4, -0.2) is 6.29 Å². The van der Waals surface area contributed by atoms with E-state index < -0.39 is 0 Å². The largest absolute Gasteiger partial charge is 0.298 e. The lowest BCUT2D eigenvalue weighted by Gasteiger charge is -2.08. The first-order chi connectivity index (χ1) is 5.06. The van der Waals surface area contributed by atoms with Crippen LogP contribution in [-0.2, 0) is 4.79 Å². The Hall–Kier alpha value is -0.590. The van der Waals surface area contributed by atoms with Crippen molar-refractivity contribution in [3.8, 4) is 0 Å². The predicted molar refractivity (Wildman–Crippen MR) is 48.4 cm³/mol. The summed E-state index contributed by atoms with van der Waals surface area (Å²) in [5.74, 6) is 1.24. The molecule has 64 valence electrons. The Kier molecular flexibility index (Phi) is 4.84. The SMILES string of the molecule is C/C(C=O)=C\[C@H](C)CC(C)C. The van der Waals surface area contributed by atoms with Crippen LogP contribution in [0.5, 0.6) is 0 Å². The highest BCUT2D eigenvalue weighted by Gasteiger charge is 2.01. The minimum Gasteiger partial charge on any atom is -0.298 e. The van der Waals surface area contributed by atoms with Gasteiger partial charge < -0.3 is 0 Å². The highest BCUT2D eigenvalue weighted by molar-refractivity contribution is 5.72. The molecule has 1 atom stereocenters. The van der Waals surface area contributed by atoms with Crippen LogP contribution < -0.4 is 0 Å². The average molecular weight is 154 g/mol. The molecule has 0 radical (unpaired) electrons. The molecule has 0 unspecified atom stereocenters. The van der Waals surface area contributed by atoms with Gasteiger partial charge >= 0.3 is 0 Å². The van der Waals surface area contributed by atoms with E-state index >= 15 is 0 Å². The van der Waals surface area contributed by atoms with Gasteiger partial charge in [-0.2, -0.15) is 0 Å². The molecule has 11 heavy (non-hydrogen) atoms. The van der Waals surface area contributed by atoms with Crippen LogP contribution in [0.3, 0.4) is 0 Å². The number of carbonyl (C=O) groups excluding carboxylic acids is 1. The molecule has 0 saturated carbocycles. The van der Waals surface area contributed by atoms with Gasteiger partial charge in [0, 0.05) is 0 Å². The molecule has 1 nitrogen and oxygen atoms in total. The Morgan fingerprint density at radius 3 is 2.27 bits per heavy atom. The third-order valence-electron chi connectivity index (χ3n) is 1.58. The third kappa shape index (κ3) is 5.84. The van der Waals surface area contributed by atoms with Crippen LogP contribution in [0.25, 0.3) is 0 Å². The van der Waals surface area contributed by atoms with Crippen molar-refractivity contribution in [1.29, 1.82) is 0 Å². The van der Waals surface area contributed by atoms with E-state index in [-0.39, 0.29) is 0 Å². The molecule has 0 fully saturated rings. The molecule has 0 aromatic heterocycles. The number of hydrogen-bond acceptors (Lipinski definition) is 1. The second kappa shape index (κ2) is 5.11. The molecule has 0 saturated heterocycles. The summed E-state index contributed by atoms with van der Waals surface area (Å²) >= 11 is 0. The van der Waals surface area contributed by atoms with Crippen molar-refractivity contribution in [2.75, 3.05) is 0 Å². The molecule has 0 amide bonds. The van der Waals surface area contributed by atoms with Crippen molar-refractivity contribution in [1.82, 2.24) is 0 Å². The quantitative estimate of drug-likeness (QED) is 0.449. The summed E-state index contributed by atoms with van der Waals surface area (Å²) < 4.78 is 0. The molecule has 0 rings (SSSR count). The van der Waals surface area contributed by atoms with Gasteiger partial charge in [0.15, 0.2) is 0 Å². The monoisotopic (exact) mass is 154 g/mol. The first-order valence-electron chi connectivity index (χ1n) is 4.19. The molecule has 0 N–H and O–H groups in total. The maximum Gasteiger partial charge on any atom is 0.145 e. The van der Waals surface area contributed by atoms with Crippen molar-refractivity contribution in [2.45, 2.75) is 34.1 Å². The lowest BCUT2D eigenvalue weighted by Crippen LogP contribution is -1.97. The molecule has 0 aromatic carbocycles. The molecule has 0 bridgehead atoms. The Balaban J connectivity index is 3.85. The molecule has 0 spiro atoms. The van der Waals surface area contributed by atoms with Gasteiger partial charge in [0.25, 0.3) is 0 Å². The standard InChI is InChI=1S/C10H18O/c1-8(2)5-9(3)6-10(4)7-11/h6-9H,5H2,1-4H3/b10-6+/t9-/m1/s1. The van der Waals surface area contributed by atoms with Gasteiger partial charge in [-0.3, -0.25) is 4.79 Å². The van der Waals surface area contributed by atoms with Gasteiger partial charge in [-0.15, -0.1) is 0 Å². The second-order valence-corrected chi connectivity index (χ2v) is 3.64. The van der Waals surface area contributed by atoms with Gasteiger partial charge in [-0.05, 0) is 30.8 Å². The highest BCUT2D eigenvalue weighted by Crippen LogP contribution is 2.13. The number of carbonyl (C=O) groups is 1. The van der Waals surface area contributed by atoms with Crippen LogP contribution in [0.2, 0.25) is 0 Å². The second-order valence-electron chi connectivity index (χ2n) is 3.64. The normalized spacial score (nSPS) is 15.2. The smallest absolute Gasteiger partial charge is 0.145 e. The molecular formula is C10H18O. The predicted octanol–water partition coefficient (Wildman–Crippen LogP) is 2.81. The molecule has 0 aromatic rings. The summed E-state index contributed by atoms with van der Waals surface area (Å²) in [6.07, 6.45) is 4.11. The van der Waals surface area contributed by atoms with Gasteiger partial charge in [0.2, 0.25) is 0 Å². The molecule has 0 heterocycles. The van der Waals surface area contributed by atoms with Crippen molar-refractivity contribution in [2.24, 2.45) is 11.8 Å². The zero-order valence-electron chi connectivity index (χ0n) is 7.92. The highest BCUT2D eigenvalue weighted by atomic mass is 16.1. The Morgan fingerprint density at radius 1 is 1.36 bits per heavy atom. The number of aldehydes is 1. The lowest BCUT2D eigenvalue weighted by molar-refractivity contribution is -0.104. The summed E-state index contributed by atoms with van der Waals surface area (Å²) in [5, 5.41) is 0. The van der Waals surface area contributed by atoms with Gasteiger partial charge in [0.05, 0.1) is 0 Å². The Bertz CT molecular complexity index is 145. The number of allylic oxidation sites excluding steroid dienone is 2. The van der Waals surface area contributed by atoms with Crippen molar-refractivity contribution >= 4 is 6.29 Å². The molecule has 0 aliphatic heterocycles. The van der Waals surface area contributed by atoms with Gasteiger partial charge in [-0.1, -0.05) is 26.8 Å². The summed E-state index contributed by atoms with van der Waals surface area (Å²) in [6.45, 7) is 8.39. The molecule has 1 heteroatoms. The van der Waals surface area contributed by atoms with E-state index in [4.69, 9.17) is 0 Å². The summed E-state index contributed by atoms with van der Waals surface area (Å²) in [7, 11) is 0. The molecule has 0 aliphatic rings. The van der Waals surface area contributed by atoms with Crippen LogP contribution in [0.1, 0.15) is 34.1 Å². The fourth-order valence-corrected chi connectivity index (χ4v) is 1.30. The van der Waals surface area contributed by atoms with E-state index in [1.165, 1.54) is 0 Å². The summed E-state index contributed by atoms with van der Waals surface area (Å²) in [6, 6.07) is 0. The molecular weight excluding hydrogens is 136 g/mol. The van der Waals surface area contributed by atoms with E-state index in [2.05, 4.69) is 20.8 Å². The fourth-order valence-electron chi connectivity index (χ4n) is 1.30. The Morgan fingerprint density at radius 2 is 1.91 bits per heavy atom. The summed E-state index contributed by atoms with van der Waals surface area (Å²) in [4.78, 5) is 10.3. The lowest BCUT2D eigenvalue weighted by atomic mass is 9.97. The van der Waals surface area contributed by atoms with Crippen molar-refractivity contribution in [3.05, 3.63) is 11.6 Å². The minimum atomic E-state index is 0.528. The van der Waals surface area contributed by atoms with E-state index in [0.717, 1.165) is 18.3 Å². The van der Waals surface area contributed by atoms with Crippen LogP contribution in [0, 0.1) is 11.8 Å². The number of hydrogen-bond donors (Lipinski definition) is 0. The first-order valence-corrected chi connectivity index (χ1v) is 4.19. The fraction of sp³-hybridized carbons (Fsp3) is 0.700. The van der Waals surface area contributed by atoms with E-state index in [1.54, 1.807) is 0 Å². The van der Waals surface area contributed by atoms with Crippen molar-refractivity contribution < 1.29 is 4.79 Å². The van der Waals surface area contributed by atoms with Gasteiger partial charge in [0.1, 0.15) is 6.29 Å². The first kappa shape index (κ1) is 10.4. The maximum atomic E-state index is 10.3. The zero-order chi connectivity index (χ0) is 8.85. The zero-order valence-corrected chi connectivity index (χ0v) is 7.92. The summed E-state index contributed by atoms with van der Waals surface area (Å²) in [5.41, 5.74) is 0.846. The van der Waals surface area contributed by atoms with Crippen molar-refractivity contribution in [3.63, 3.8) is 0 Å². The van der Waals surface area contributed by atoms with E-state index in [1.807, 2.05) is 13.0 Å². The van der Waals surface area contributed by atoms with Crippen LogP contribution in [0.15, 0.2) is 11.6 Å². The molecule has 0 aliphatic carbocycles. The van der Waals surface area contributed by atoms with Gasteiger partial charge in [-0.25, -0.2) is 0 Å².